The Balaban J connectivity index is 1.63. The molecule has 3 aromatic rings. The van der Waals surface area contributed by atoms with E-state index in [4.69, 9.17) is 9.47 Å². The number of hydrogen-bond donors (Lipinski definition) is 1. The van der Waals surface area contributed by atoms with E-state index < -0.39 is 0 Å². The predicted octanol–water partition coefficient (Wildman–Crippen LogP) is 3.40. The third-order valence-electron chi connectivity index (χ3n) is 4.55. The van der Waals surface area contributed by atoms with Gasteiger partial charge < -0.3 is 19.4 Å². The molecule has 1 atom stereocenters. The second-order valence-corrected chi connectivity index (χ2v) is 5.86. The first kappa shape index (κ1) is 12.8. The number of benzene rings is 2. The van der Waals surface area contributed by atoms with Crippen LogP contribution >= 0.6 is 0 Å². The first-order chi connectivity index (χ1) is 11.4. The topological polar surface area (TPSA) is 35.4 Å². The molecule has 2 aromatic carbocycles. The van der Waals surface area contributed by atoms with Crippen molar-refractivity contribution < 1.29 is 9.47 Å². The van der Waals surface area contributed by atoms with Crippen molar-refractivity contribution in [2.45, 2.75) is 12.6 Å². The fourth-order valence-electron chi connectivity index (χ4n) is 3.44. The van der Waals surface area contributed by atoms with Gasteiger partial charge in [-0.2, -0.15) is 0 Å². The summed E-state index contributed by atoms with van der Waals surface area (Å²) >= 11 is 0. The van der Waals surface area contributed by atoms with Gasteiger partial charge in [0.2, 0.25) is 6.79 Å². The number of nitrogens with zero attached hydrogens (tertiary/aromatic N) is 1. The predicted molar refractivity (Wildman–Crippen MR) is 87.0 cm³/mol. The van der Waals surface area contributed by atoms with Crippen LogP contribution in [-0.4, -0.2) is 11.4 Å². The van der Waals surface area contributed by atoms with Crippen molar-refractivity contribution in [3.05, 3.63) is 77.6 Å². The van der Waals surface area contributed by atoms with E-state index in [0.29, 0.717) is 6.79 Å². The minimum Gasteiger partial charge on any atom is -0.454 e. The Kier molecular flexibility index (Phi) is 2.72. The molecule has 0 saturated heterocycles. The summed E-state index contributed by atoms with van der Waals surface area (Å²) in [6.07, 6.45) is 2.13. The molecule has 1 N–H and O–H groups in total. The Hall–Kier alpha value is -2.72. The molecule has 4 heteroatoms. The molecule has 3 heterocycles. The van der Waals surface area contributed by atoms with Crippen molar-refractivity contribution in [2.75, 3.05) is 6.79 Å². The molecule has 0 fully saturated rings. The molecule has 0 spiro atoms. The van der Waals surface area contributed by atoms with E-state index in [1.807, 2.05) is 6.07 Å². The Morgan fingerprint density at radius 2 is 1.87 bits per heavy atom. The van der Waals surface area contributed by atoms with Crippen LogP contribution in [0.15, 0.2) is 60.8 Å². The van der Waals surface area contributed by atoms with Crippen LogP contribution in [0.1, 0.15) is 22.9 Å². The smallest absolute Gasteiger partial charge is 0.231 e. The van der Waals surface area contributed by atoms with E-state index in [1.54, 1.807) is 0 Å². The standard InChI is InChI=1S/C19H16N2O2/c1-2-5-15-14(4-1)11-20-19(16-6-3-9-21(15)16)13-7-8-17-18(10-13)23-12-22-17/h1-10,19-20H,11-12H2/t19-/m1/s1. The number of fused-ring (bicyclic) bond motifs is 4. The molecule has 2 aliphatic rings. The van der Waals surface area contributed by atoms with Crippen LogP contribution in [0.2, 0.25) is 0 Å². The zero-order valence-electron chi connectivity index (χ0n) is 12.5. The number of rotatable bonds is 1. The quantitative estimate of drug-likeness (QED) is 0.748. The third-order valence-corrected chi connectivity index (χ3v) is 4.55. The van der Waals surface area contributed by atoms with Gasteiger partial charge in [-0.15, -0.1) is 0 Å². The largest absolute Gasteiger partial charge is 0.454 e. The highest BCUT2D eigenvalue weighted by Gasteiger charge is 2.24. The van der Waals surface area contributed by atoms with Gasteiger partial charge in [-0.3, -0.25) is 0 Å². The summed E-state index contributed by atoms with van der Waals surface area (Å²) in [7, 11) is 0. The van der Waals surface area contributed by atoms with Crippen molar-refractivity contribution in [3.8, 4) is 17.2 Å². The van der Waals surface area contributed by atoms with Crippen molar-refractivity contribution in [1.82, 2.24) is 9.88 Å². The fraction of sp³-hybridized carbons (Fsp3) is 0.158. The maximum atomic E-state index is 5.54. The second-order valence-electron chi connectivity index (χ2n) is 5.86. The summed E-state index contributed by atoms with van der Waals surface area (Å²) < 4.78 is 13.2. The molecule has 2 aliphatic heterocycles. The van der Waals surface area contributed by atoms with Crippen LogP contribution in [0.4, 0.5) is 0 Å². The van der Waals surface area contributed by atoms with Crippen LogP contribution in [0.5, 0.6) is 11.5 Å². The number of para-hydroxylation sites is 1. The maximum Gasteiger partial charge on any atom is 0.231 e. The van der Waals surface area contributed by atoms with Crippen molar-refractivity contribution in [1.29, 1.82) is 0 Å². The van der Waals surface area contributed by atoms with Crippen LogP contribution in [-0.2, 0) is 6.54 Å². The molecule has 5 rings (SSSR count). The summed E-state index contributed by atoms with van der Waals surface area (Å²) in [4.78, 5) is 0. The van der Waals surface area contributed by atoms with E-state index in [1.165, 1.54) is 22.5 Å². The lowest BCUT2D eigenvalue weighted by Gasteiger charge is -2.18. The van der Waals surface area contributed by atoms with Crippen molar-refractivity contribution in [2.24, 2.45) is 0 Å². The molecule has 23 heavy (non-hydrogen) atoms. The molecule has 114 valence electrons. The van der Waals surface area contributed by atoms with Gasteiger partial charge in [-0.25, -0.2) is 0 Å². The van der Waals surface area contributed by atoms with E-state index in [0.717, 1.165) is 18.0 Å². The summed E-state index contributed by atoms with van der Waals surface area (Å²) in [5.74, 6) is 1.64. The monoisotopic (exact) mass is 304 g/mol. The maximum absolute atomic E-state index is 5.54. The normalized spacial score (nSPS) is 18.2. The summed E-state index contributed by atoms with van der Waals surface area (Å²) in [5.41, 5.74) is 4.95. The molecule has 4 nitrogen and oxygen atoms in total. The molecular weight excluding hydrogens is 288 g/mol. The lowest BCUT2D eigenvalue weighted by Crippen LogP contribution is -2.21. The van der Waals surface area contributed by atoms with Crippen LogP contribution < -0.4 is 14.8 Å². The Bertz CT molecular complexity index is 885. The average Bonchev–Trinajstić information content (AvgIpc) is 3.22. The second kappa shape index (κ2) is 4.89. The van der Waals surface area contributed by atoms with Crippen LogP contribution in [0.3, 0.4) is 0 Å². The van der Waals surface area contributed by atoms with Crippen LogP contribution in [0, 0.1) is 0 Å². The van der Waals surface area contributed by atoms with E-state index in [2.05, 4.69) is 64.6 Å². The molecule has 0 radical (unpaired) electrons. The highest BCUT2D eigenvalue weighted by Crippen LogP contribution is 2.37. The fourth-order valence-corrected chi connectivity index (χ4v) is 3.44. The first-order valence-corrected chi connectivity index (χ1v) is 7.78. The van der Waals surface area contributed by atoms with Crippen molar-refractivity contribution >= 4 is 0 Å². The molecule has 1 aromatic heterocycles. The highest BCUT2D eigenvalue weighted by atomic mass is 16.7. The number of hydrogen-bond acceptors (Lipinski definition) is 3. The number of nitrogens with one attached hydrogen (secondary N) is 1. The van der Waals surface area contributed by atoms with Gasteiger partial charge in [-0.05, 0) is 41.5 Å². The summed E-state index contributed by atoms with van der Waals surface area (Å²) in [5, 5.41) is 3.67. The van der Waals surface area contributed by atoms with E-state index in [9.17, 15) is 0 Å². The molecule has 0 aliphatic carbocycles. The minimum atomic E-state index is 0.117. The number of ether oxygens (including phenoxy) is 2. The van der Waals surface area contributed by atoms with E-state index >= 15 is 0 Å². The van der Waals surface area contributed by atoms with Gasteiger partial charge in [0, 0.05) is 24.1 Å². The number of aromatic nitrogens is 1. The van der Waals surface area contributed by atoms with Crippen molar-refractivity contribution in [3.63, 3.8) is 0 Å². The summed E-state index contributed by atoms with van der Waals surface area (Å²) in [6, 6.07) is 19.1. The Labute approximate surface area is 134 Å². The van der Waals surface area contributed by atoms with Crippen LogP contribution in [0.25, 0.3) is 5.69 Å². The van der Waals surface area contributed by atoms with Gasteiger partial charge in [-0.1, -0.05) is 24.3 Å². The third kappa shape index (κ3) is 1.95. The SMILES string of the molecule is c1ccc2c(c1)CN[C@H](c1ccc3c(c1)OCO3)c1cccn1-2. The Morgan fingerprint density at radius 3 is 2.87 bits per heavy atom. The average molecular weight is 304 g/mol. The molecule has 0 bridgehead atoms. The minimum absolute atomic E-state index is 0.117. The first-order valence-electron chi connectivity index (χ1n) is 7.78. The van der Waals surface area contributed by atoms with Gasteiger partial charge in [0.05, 0.1) is 6.04 Å². The van der Waals surface area contributed by atoms with Gasteiger partial charge >= 0.3 is 0 Å². The van der Waals surface area contributed by atoms with Gasteiger partial charge in [0.1, 0.15) is 0 Å². The zero-order valence-corrected chi connectivity index (χ0v) is 12.5. The lowest BCUT2D eigenvalue weighted by molar-refractivity contribution is 0.174. The highest BCUT2D eigenvalue weighted by molar-refractivity contribution is 5.50. The van der Waals surface area contributed by atoms with Gasteiger partial charge in [0.15, 0.2) is 11.5 Å². The molecule has 0 unspecified atom stereocenters. The molecular formula is C19H16N2O2. The Morgan fingerprint density at radius 1 is 0.957 bits per heavy atom. The molecule has 0 amide bonds. The zero-order chi connectivity index (χ0) is 15.2. The van der Waals surface area contributed by atoms with E-state index in [-0.39, 0.29) is 6.04 Å². The summed E-state index contributed by atoms with van der Waals surface area (Å²) in [6.45, 7) is 1.13. The van der Waals surface area contributed by atoms with Gasteiger partial charge in [0.25, 0.3) is 0 Å². The molecule has 0 saturated carbocycles. The lowest BCUT2D eigenvalue weighted by atomic mass is 10.0.